The van der Waals surface area contributed by atoms with Crippen LogP contribution >= 0.6 is 0 Å². The fourth-order valence-corrected chi connectivity index (χ4v) is 3.75. The van der Waals surface area contributed by atoms with E-state index in [2.05, 4.69) is 42.4 Å². The van der Waals surface area contributed by atoms with E-state index in [1.165, 1.54) is 63.7 Å². The summed E-state index contributed by atoms with van der Waals surface area (Å²) < 4.78 is 0. The predicted octanol–water partition coefficient (Wildman–Crippen LogP) is 3.56. The largest absolute Gasteiger partial charge is 0.310 e. The lowest BCUT2D eigenvalue weighted by Gasteiger charge is -2.30. The van der Waals surface area contributed by atoms with Crippen LogP contribution in [-0.4, -0.2) is 31.6 Å². The lowest BCUT2D eigenvalue weighted by molar-refractivity contribution is 0.213. The molecular weight excluding hydrogens is 256 g/mol. The standard InChI is InChI=1S/C19H30N2/c1-15(20-14-16-9-11-21(2)12-10-16)18-8-7-17-5-3-4-6-19(17)13-18/h7-8,13,15-16,20H,3-6,9-12,14H2,1-2H3. The van der Waals surface area contributed by atoms with Crippen molar-refractivity contribution in [1.29, 1.82) is 0 Å². The molecule has 0 aromatic heterocycles. The molecule has 1 atom stereocenters. The molecule has 1 aromatic rings. The van der Waals surface area contributed by atoms with Crippen LogP contribution in [0.1, 0.15) is 55.3 Å². The highest BCUT2D eigenvalue weighted by Gasteiger charge is 2.18. The second kappa shape index (κ2) is 6.93. The molecule has 1 fully saturated rings. The van der Waals surface area contributed by atoms with E-state index in [0.717, 1.165) is 5.92 Å². The van der Waals surface area contributed by atoms with Crippen LogP contribution in [0.5, 0.6) is 0 Å². The molecule has 1 N–H and O–H groups in total. The normalized spacial score (nSPS) is 22.0. The molecule has 0 radical (unpaired) electrons. The SMILES string of the molecule is CC(NCC1CCN(C)CC1)c1ccc2c(c1)CCCC2. The summed E-state index contributed by atoms with van der Waals surface area (Å²) in [5, 5.41) is 3.77. The van der Waals surface area contributed by atoms with Crippen LogP contribution in [0, 0.1) is 5.92 Å². The first-order valence-corrected chi connectivity index (χ1v) is 8.76. The molecule has 21 heavy (non-hydrogen) atoms. The second-order valence-corrected chi connectivity index (χ2v) is 7.11. The molecule has 3 rings (SSSR count). The van der Waals surface area contributed by atoms with Gasteiger partial charge in [0.25, 0.3) is 0 Å². The van der Waals surface area contributed by atoms with Crippen LogP contribution in [-0.2, 0) is 12.8 Å². The Hall–Kier alpha value is -0.860. The van der Waals surface area contributed by atoms with Crippen LogP contribution in [0.15, 0.2) is 18.2 Å². The number of nitrogens with one attached hydrogen (secondary N) is 1. The maximum Gasteiger partial charge on any atom is 0.0292 e. The van der Waals surface area contributed by atoms with Gasteiger partial charge in [-0.3, -0.25) is 0 Å². The maximum atomic E-state index is 3.77. The van der Waals surface area contributed by atoms with E-state index in [4.69, 9.17) is 0 Å². The first-order chi connectivity index (χ1) is 10.2. The zero-order valence-electron chi connectivity index (χ0n) is 13.7. The van der Waals surface area contributed by atoms with Crippen molar-refractivity contribution < 1.29 is 0 Å². The van der Waals surface area contributed by atoms with Gasteiger partial charge in [0, 0.05) is 6.04 Å². The number of aryl methyl sites for hydroxylation is 2. The number of piperidine rings is 1. The van der Waals surface area contributed by atoms with Gasteiger partial charge in [-0.25, -0.2) is 0 Å². The summed E-state index contributed by atoms with van der Waals surface area (Å²) in [5.74, 6) is 0.862. The van der Waals surface area contributed by atoms with Crippen molar-refractivity contribution in [1.82, 2.24) is 10.2 Å². The maximum absolute atomic E-state index is 3.77. The third kappa shape index (κ3) is 3.87. The zero-order chi connectivity index (χ0) is 14.7. The summed E-state index contributed by atoms with van der Waals surface area (Å²) in [6.07, 6.45) is 8.00. The zero-order valence-corrected chi connectivity index (χ0v) is 13.7. The van der Waals surface area contributed by atoms with Gasteiger partial charge in [-0.15, -0.1) is 0 Å². The van der Waals surface area contributed by atoms with Crippen LogP contribution in [0.2, 0.25) is 0 Å². The lowest BCUT2D eigenvalue weighted by Crippen LogP contribution is -2.35. The molecule has 2 nitrogen and oxygen atoms in total. The summed E-state index contributed by atoms with van der Waals surface area (Å²) in [4.78, 5) is 2.45. The number of nitrogens with zero attached hydrogens (tertiary/aromatic N) is 1. The number of benzene rings is 1. The molecule has 1 unspecified atom stereocenters. The Balaban J connectivity index is 1.54. The third-order valence-corrected chi connectivity index (χ3v) is 5.42. The van der Waals surface area contributed by atoms with Gasteiger partial charge in [-0.1, -0.05) is 18.2 Å². The summed E-state index contributed by atoms with van der Waals surface area (Å²) >= 11 is 0. The van der Waals surface area contributed by atoms with E-state index < -0.39 is 0 Å². The minimum Gasteiger partial charge on any atom is -0.310 e. The summed E-state index contributed by atoms with van der Waals surface area (Å²) in [6, 6.07) is 7.66. The van der Waals surface area contributed by atoms with Gasteiger partial charge in [0.05, 0.1) is 0 Å². The summed E-state index contributed by atoms with van der Waals surface area (Å²) in [5.41, 5.74) is 4.67. The molecule has 1 heterocycles. The predicted molar refractivity (Wildman–Crippen MR) is 89.7 cm³/mol. The monoisotopic (exact) mass is 286 g/mol. The van der Waals surface area contributed by atoms with Gasteiger partial charge < -0.3 is 10.2 Å². The van der Waals surface area contributed by atoms with Crippen molar-refractivity contribution in [2.24, 2.45) is 5.92 Å². The molecule has 2 heteroatoms. The van der Waals surface area contributed by atoms with Crippen LogP contribution < -0.4 is 5.32 Å². The second-order valence-electron chi connectivity index (χ2n) is 7.11. The highest BCUT2D eigenvalue weighted by molar-refractivity contribution is 5.35. The van der Waals surface area contributed by atoms with E-state index in [9.17, 15) is 0 Å². The number of fused-ring (bicyclic) bond motifs is 1. The van der Waals surface area contributed by atoms with Crippen LogP contribution in [0.3, 0.4) is 0 Å². The topological polar surface area (TPSA) is 15.3 Å². The van der Waals surface area contributed by atoms with Crippen molar-refractivity contribution in [3.05, 3.63) is 34.9 Å². The molecule has 1 aromatic carbocycles. The lowest BCUT2D eigenvalue weighted by atomic mass is 9.89. The van der Waals surface area contributed by atoms with Gasteiger partial charge in [0.2, 0.25) is 0 Å². The molecule has 1 aliphatic carbocycles. The Morgan fingerprint density at radius 3 is 2.62 bits per heavy atom. The van der Waals surface area contributed by atoms with E-state index in [-0.39, 0.29) is 0 Å². The molecule has 2 aliphatic rings. The molecule has 1 saturated heterocycles. The Morgan fingerprint density at radius 2 is 1.86 bits per heavy atom. The van der Waals surface area contributed by atoms with E-state index in [1.807, 2.05) is 0 Å². The fraction of sp³-hybridized carbons (Fsp3) is 0.684. The van der Waals surface area contributed by atoms with E-state index >= 15 is 0 Å². The van der Waals surface area contributed by atoms with Crippen molar-refractivity contribution in [3.8, 4) is 0 Å². The Labute approximate surface area is 129 Å². The van der Waals surface area contributed by atoms with Gasteiger partial charge in [0.1, 0.15) is 0 Å². The smallest absolute Gasteiger partial charge is 0.0292 e. The third-order valence-electron chi connectivity index (χ3n) is 5.42. The van der Waals surface area contributed by atoms with Crippen molar-refractivity contribution in [2.75, 3.05) is 26.7 Å². The fourth-order valence-electron chi connectivity index (χ4n) is 3.75. The first-order valence-electron chi connectivity index (χ1n) is 8.76. The molecule has 0 saturated carbocycles. The summed E-state index contributed by atoms with van der Waals surface area (Å²) in [7, 11) is 2.24. The average molecular weight is 286 g/mol. The Bertz CT molecular complexity index is 461. The van der Waals surface area contributed by atoms with Crippen molar-refractivity contribution in [2.45, 2.75) is 51.5 Å². The minimum atomic E-state index is 0.483. The first kappa shape index (κ1) is 15.1. The van der Waals surface area contributed by atoms with Gasteiger partial charge in [-0.05, 0) is 94.7 Å². The highest BCUT2D eigenvalue weighted by atomic mass is 15.1. The molecule has 116 valence electrons. The number of hydrogen-bond donors (Lipinski definition) is 1. The van der Waals surface area contributed by atoms with Gasteiger partial charge in [0.15, 0.2) is 0 Å². The Morgan fingerprint density at radius 1 is 1.14 bits per heavy atom. The van der Waals surface area contributed by atoms with Crippen LogP contribution in [0.25, 0.3) is 0 Å². The molecule has 0 amide bonds. The molecule has 0 bridgehead atoms. The minimum absolute atomic E-state index is 0.483. The highest BCUT2D eigenvalue weighted by Crippen LogP contribution is 2.25. The summed E-state index contributed by atoms with van der Waals surface area (Å²) in [6.45, 7) is 6.02. The van der Waals surface area contributed by atoms with E-state index in [1.54, 1.807) is 11.1 Å². The van der Waals surface area contributed by atoms with Crippen molar-refractivity contribution in [3.63, 3.8) is 0 Å². The van der Waals surface area contributed by atoms with Crippen molar-refractivity contribution >= 4 is 0 Å². The molecule has 0 spiro atoms. The average Bonchev–Trinajstić information content (AvgIpc) is 2.53. The van der Waals surface area contributed by atoms with Crippen LogP contribution in [0.4, 0.5) is 0 Å². The van der Waals surface area contributed by atoms with Gasteiger partial charge in [-0.2, -0.15) is 0 Å². The quantitative estimate of drug-likeness (QED) is 0.910. The number of rotatable bonds is 4. The molecule has 1 aliphatic heterocycles. The number of hydrogen-bond acceptors (Lipinski definition) is 2. The van der Waals surface area contributed by atoms with Gasteiger partial charge >= 0.3 is 0 Å². The Kier molecular flexibility index (Phi) is 4.97. The number of likely N-dealkylation sites (tertiary alicyclic amines) is 1. The molecular formula is C19H30N2. The van der Waals surface area contributed by atoms with E-state index in [0.29, 0.717) is 6.04 Å².